The van der Waals surface area contributed by atoms with Crippen LogP contribution >= 0.6 is 0 Å². The Morgan fingerprint density at radius 1 is 1.32 bits per heavy atom. The zero-order valence-corrected chi connectivity index (χ0v) is 16.0. The molecule has 0 radical (unpaired) electrons. The molecule has 144 valence electrons. The first-order valence-corrected chi connectivity index (χ1v) is 8.98. The summed E-state index contributed by atoms with van der Waals surface area (Å²) in [5.41, 5.74) is 3.04. The molecule has 0 fully saturated rings. The second-order valence-corrected chi connectivity index (χ2v) is 6.98. The van der Waals surface area contributed by atoms with Gasteiger partial charge in [-0.2, -0.15) is 5.10 Å². The number of aromatic nitrogens is 5. The summed E-state index contributed by atoms with van der Waals surface area (Å²) in [7, 11) is 3.51. The van der Waals surface area contributed by atoms with E-state index in [1.165, 1.54) is 9.58 Å². The second kappa shape index (κ2) is 6.91. The van der Waals surface area contributed by atoms with Crippen LogP contribution < -0.4 is 5.32 Å². The molecular weight excluding hydrogens is 358 g/mol. The fourth-order valence-corrected chi connectivity index (χ4v) is 3.44. The fraction of sp³-hybridized carbons (Fsp3) is 0.316. The summed E-state index contributed by atoms with van der Waals surface area (Å²) in [6.45, 7) is 2.70. The number of hydrogen-bond acceptors (Lipinski definition) is 5. The molecule has 1 aliphatic rings. The maximum atomic E-state index is 12.9. The van der Waals surface area contributed by atoms with Crippen LogP contribution in [-0.2, 0) is 20.1 Å². The second-order valence-electron chi connectivity index (χ2n) is 6.98. The summed E-state index contributed by atoms with van der Waals surface area (Å²) >= 11 is 0. The molecule has 4 rings (SSSR count). The zero-order chi connectivity index (χ0) is 19.8. The highest BCUT2D eigenvalue weighted by Gasteiger charge is 2.33. The molecule has 0 saturated carbocycles. The lowest BCUT2D eigenvalue weighted by molar-refractivity contribution is 0.0767. The summed E-state index contributed by atoms with van der Waals surface area (Å²) in [4.78, 5) is 27.1. The predicted octanol–water partition coefficient (Wildman–Crippen LogP) is 1.08. The van der Waals surface area contributed by atoms with Crippen LogP contribution in [-0.4, -0.2) is 48.5 Å². The van der Waals surface area contributed by atoms with Gasteiger partial charge in [-0.1, -0.05) is 35.5 Å². The first-order valence-electron chi connectivity index (χ1n) is 8.98. The smallest absolute Gasteiger partial charge is 0.276 e. The normalized spacial score (nSPS) is 15.8. The van der Waals surface area contributed by atoms with Gasteiger partial charge in [0, 0.05) is 32.4 Å². The number of amides is 2. The summed E-state index contributed by atoms with van der Waals surface area (Å²) < 4.78 is 3.22. The Balaban J connectivity index is 1.56. The van der Waals surface area contributed by atoms with Crippen LogP contribution in [0.3, 0.4) is 0 Å². The lowest BCUT2D eigenvalue weighted by atomic mass is 10.0. The van der Waals surface area contributed by atoms with Crippen molar-refractivity contribution >= 4 is 11.8 Å². The van der Waals surface area contributed by atoms with Crippen LogP contribution in [0.25, 0.3) is 0 Å². The molecule has 3 heterocycles. The third-order valence-electron chi connectivity index (χ3n) is 4.88. The summed E-state index contributed by atoms with van der Waals surface area (Å²) in [6.07, 6.45) is 1.87. The summed E-state index contributed by atoms with van der Waals surface area (Å²) in [5, 5.41) is 15.3. The van der Waals surface area contributed by atoms with Gasteiger partial charge in [-0.15, -0.1) is 5.10 Å². The standard InChI is InChI=1S/C19H21N7O2/c1-12-14(10-25(3)22-12)9-24(2)19(28)16-17-18(27)20-15(11-26(17)23-21-16)13-7-5-4-6-8-13/h4-8,10,15H,9,11H2,1-3H3,(H,20,27). The molecule has 3 aromatic rings. The predicted molar refractivity (Wildman–Crippen MR) is 100 cm³/mol. The van der Waals surface area contributed by atoms with Gasteiger partial charge >= 0.3 is 0 Å². The highest BCUT2D eigenvalue weighted by molar-refractivity contribution is 6.05. The Bertz CT molecular complexity index is 1040. The number of nitrogens with zero attached hydrogens (tertiary/aromatic N) is 6. The lowest BCUT2D eigenvalue weighted by Crippen LogP contribution is -2.40. The maximum Gasteiger partial charge on any atom is 0.276 e. The van der Waals surface area contributed by atoms with Crippen molar-refractivity contribution in [2.24, 2.45) is 7.05 Å². The van der Waals surface area contributed by atoms with E-state index in [1.54, 1.807) is 11.7 Å². The summed E-state index contributed by atoms with van der Waals surface area (Å²) in [6, 6.07) is 9.45. The largest absolute Gasteiger partial charge is 0.342 e. The number of hydrogen-bond donors (Lipinski definition) is 1. The Kier molecular flexibility index (Phi) is 4.42. The molecular formula is C19H21N7O2. The summed E-state index contributed by atoms with van der Waals surface area (Å²) in [5.74, 6) is -0.697. The van der Waals surface area contributed by atoms with Crippen LogP contribution in [0, 0.1) is 6.92 Å². The van der Waals surface area contributed by atoms with Crippen molar-refractivity contribution in [1.82, 2.24) is 35.0 Å². The van der Waals surface area contributed by atoms with Gasteiger partial charge in [0.05, 0.1) is 18.3 Å². The number of benzene rings is 1. The minimum Gasteiger partial charge on any atom is -0.342 e. The van der Waals surface area contributed by atoms with E-state index in [0.717, 1.165) is 16.8 Å². The third-order valence-corrected chi connectivity index (χ3v) is 4.88. The van der Waals surface area contributed by atoms with E-state index in [0.29, 0.717) is 13.1 Å². The molecule has 28 heavy (non-hydrogen) atoms. The van der Waals surface area contributed by atoms with Gasteiger partial charge in [-0.05, 0) is 12.5 Å². The van der Waals surface area contributed by atoms with Gasteiger partial charge in [-0.3, -0.25) is 14.3 Å². The number of aryl methyl sites for hydroxylation is 2. The van der Waals surface area contributed by atoms with E-state index in [1.807, 2.05) is 50.5 Å². The molecule has 1 unspecified atom stereocenters. The molecule has 1 atom stereocenters. The average Bonchev–Trinajstić information content (AvgIpc) is 3.25. The van der Waals surface area contributed by atoms with E-state index in [4.69, 9.17) is 0 Å². The average molecular weight is 379 g/mol. The number of carbonyl (C=O) groups excluding carboxylic acids is 2. The highest BCUT2D eigenvalue weighted by Crippen LogP contribution is 2.22. The zero-order valence-electron chi connectivity index (χ0n) is 16.0. The first-order chi connectivity index (χ1) is 13.4. The Hall–Kier alpha value is -3.49. The van der Waals surface area contributed by atoms with Crippen molar-refractivity contribution in [3.05, 3.63) is 64.7 Å². The van der Waals surface area contributed by atoms with E-state index in [9.17, 15) is 9.59 Å². The molecule has 0 aliphatic carbocycles. The number of rotatable bonds is 4. The Labute approximate surface area is 161 Å². The number of fused-ring (bicyclic) bond motifs is 1. The monoisotopic (exact) mass is 379 g/mol. The van der Waals surface area contributed by atoms with E-state index < -0.39 is 0 Å². The van der Waals surface area contributed by atoms with Gasteiger partial charge in [0.15, 0.2) is 11.4 Å². The topological polar surface area (TPSA) is 97.9 Å². The van der Waals surface area contributed by atoms with E-state index in [-0.39, 0.29) is 29.2 Å². The minimum absolute atomic E-state index is 0.0630. The van der Waals surface area contributed by atoms with Gasteiger partial charge in [0.25, 0.3) is 11.8 Å². The highest BCUT2D eigenvalue weighted by atomic mass is 16.2. The van der Waals surface area contributed by atoms with Crippen molar-refractivity contribution in [3.63, 3.8) is 0 Å². The van der Waals surface area contributed by atoms with Crippen LogP contribution in [0.2, 0.25) is 0 Å². The molecule has 2 aromatic heterocycles. The Morgan fingerprint density at radius 3 is 2.75 bits per heavy atom. The molecule has 0 bridgehead atoms. The van der Waals surface area contributed by atoms with Gasteiger partial charge in [0.2, 0.25) is 0 Å². The molecule has 2 amide bonds. The quantitative estimate of drug-likeness (QED) is 0.731. The molecule has 1 aromatic carbocycles. The molecule has 1 aliphatic heterocycles. The first kappa shape index (κ1) is 17.9. The lowest BCUT2D eigenvalue weighted by Gasteiger charge is -2.25. The van der Waals surface area contributed by atoms with Crippen molar-refractivity contribution in [3.8, 4) is 0 Å². The molecule has 0 spiro atoms. The van der Waals surface area contributed by atoms with Crippen molar-refractivity contribution in [2.45, 2.75) is 26.1 Å². The van der Waals surface area contributed by atoms with Crippen molar-refractivity contribution < 1.29 is 9.59 Å². The SMILES string of the molecule is Cc1nn(C)cc1CN(C)C(=O)c1nnn2c1C(=O)NC(c1ccccc1)C2. The molecule has 9 heteroatoms. The van der Waals surface area contributed by atoms with Crippen LogP contribution in [0.4, 0.5) is 0 Å². The van der Waals surface area contributed by atoms with E-state index in [2.05, 4.69) is 20.7 Å². The molecule has 9 nitrogen and oxygen atoms in total. The third kappa shape index (κ3) is 3.15. The maximum absolute atomic E-state index is 12.9. The van der Waals surface area contributed by atoms with Gasteiger partial charge < -0.3 is 10.2 Å². The fourth-order valence-electron chi connectivity index (χ4n) is 3.44. The van der Waals surface area contributed by atoms with Crippen LogP contribution in [0.15, 0.2) is 36.5 Å². The molecule has 0 saturated heterocycles. The van der Waals surface area contributed by atoms with Gasteiger partial charge in [-0.25, -0.2) is 4.68 Å². The number of nitrogens with one attached hydrogen (secondary N) is 1. The van der Waals surface area contributed by atoms with Crippen LogP contribution in [0.1, 0.15) is 43.8 Å². The number of carbonyl (C=O) groups is 2. The Morgan fingerprint density at radius 2 is 2.07 bits per heavy atom. The van der Waals surface area contributed by atoms with Crippen LogP contribution in [0.5, 0.6) is 0 Å². The van der Waals surface area contributed by atoms with E-state index >= 15 is 0 Å². The molecule has 1 N–H and O–H groups in total. The van der Waals surface area contributed by atoms with Gasteiger partial charge in [0.1, 0.15) is 0 Å². The van der Waals surface area contributed by atoms with Crippen molar-refractivity contribution in [1.29, 1.82) is 0 Å². The van der Waals surface area contributed by atoms with Crippen molar-refractivity contribution in [2.75, 3.05) is 7.05 Å². The minimum atomic E-state index is -0.349.